The molecule has 0 saturated carbocycles. The highest BCUT2D eigenvalue weighted by Gasteiger charge is 2.48. The van der Waals surface area contributed by atoms with Crippen LogP contribution < -0.4 is 14.5 Å². The minimum absolute atomic E-state index is 0.0553. The first-order valence-corrected chi connectivity index (χ1v) is 14.3. The van der Waals surface area contributed by atoms with Gasteiger partial charge in [-0.15, -0.1) is 12.3 Å². The molecule has 15 heteroatoms. The molecule has 0 aliphatic rings. The van der Waals surface area contributed by atoms with Gasteiger partial charge in [-0.05, 0) is 45.4 Å². The first kappa shape index (κ1) is 35.7. The van der Waals surface area contributed by atoms with Crippen LogP contribution >= 0.6 is 0 Å². The van der Waals surface area contributed by atoms with Crippen molar-refractivity contribution in [3.8, 4) is 23.8 Å². The predicted octanol–water partition coefficient (Wildman–Crippen LogP) is 5.05. The van der Waals surface area contributed by atoms with Gasteiger partial charge in [0, 0.05) is 37.7 Å². The molecule has 2 aromatic heterocycles. The van der Waals surface area contributed by atoms with E-state index in [9.17, 15) is 40.4 Å². The number of aryl methyl sites for hydroxylation is 1. The molecule has 3 aromatic rings. The summed E-state index contributed by atoms with van der Waals surface area (Å²) < 4.78 is 91.0. The number of rotatable bonds is 7. The molecule has 0 spiro atoms. The Morgan fingerprint density at radius 1 is 1.11 bits per heavy atom. The highest BCUT2D eigenvalue weighted by molar-refractivity contribution is 7.88. The van der Waals surface area contributed by atoms with Gasteiger partial charge in [0.2, 0.25) is 0 Å². The van der Waals surface area contributed by atoms with Crippen LogP contribution in [0.5, 0.6) is 11.5 Å². The number of ether oxygens (including phenoxy) is 2. The van der Waals surface area contributed by atoms with Gasteiger partial charge >= 0.3 is 27.6 Å². The van der Waals surface area contributed by atoms with Gasteiger partial charge in [-0.2, -0.15) is 21.6 Å². The van der Waals surface area contributed by atoms with E-state index in [1.54, 1.807) is 20.8 Å². The van der Waals surface area contributed by atoms with Gasteiger partial charge in [0.25, 0.3) is 5.56 Å². The minimum Gasteiger partial charge on any atom is -0.462 e. The number of terminal acetylenes is 1. The number of halogens is 4. The number of aromatic nitrogens is 2. The third-order valence-corrected chi connectivity index (χ3v) is 6.61. The van der Waals surface area contributed by atoms with E-state index in [0.717, 1.165) is 23.1 Å². The maximum Gasteiger partial charge on any atom is 0.534 e. The number of alkyl halides is 3. The Morgan fingerprint density at radius 3 is 2.25 bits per heavy atom. The molecule has 0 bridgehead atoms. The molecule has 0 amide bonds. The van der Waals surface area contributed by atoms with E-state index in [-0.39, 0.29) is 35.2 Å². The van der Waals surface area contributed by atoms with Crippen LogP contribution in [0, 0.1) is 23.6 Å². The molecule has 0 radical (unpaired) electrons. The summed E-state index contributed by atoms with van der Waals surface area (Å²) in [6, 6.07) is 3.76. The second-order valence-electron chi connectivity index (χ2n) is 10.1. The summed E-state index contributed by atoms with van der Waals surface area (Å²) in [6.45, 7) is 8.04. The SMILES string of the molecule is C#CCC.CCOC(=O)c1c(OC(=O)C(C)(C)C)c2ncc(Cc3ccc(F)cc3OS(=O)(=O)C(F)(F)F)cc2n(C)c1=O. The molecule has 0 saturated heterocycles. The van der Waals surface area contributed by atoms with Gasteiger partial charge in [-0.1, -0.05) is 13.0 Å². The zero-order chi connectivity index (χ0) is 33.6. The molecular weight excluding hydrogens is 612 g/mol. The van der Waals surface area contributed by atoms with Crippen molar-refractivity contribution in [2.75, 3.05) is 6.61 Å². The Bertz CT molecular complexity index is 1770. The Balaban J connectivity index is 0.00000159. The number of carbonyl (C=O) groups is 2. The van der Waals surface area contributed by atoms with E-state index < -0.39 is 61.4 Å². The van der Waals surface area contributed by atoms with Crippen molar-refractivity contribution in [1.82, 2.24) is 9.55 Å². The van der Waals surface area contributed by atoms with E-state index >= 15 is 0 Å². The van der Waals surface area contributed by atoms with E-state index in [1.165, 1.54) is 26.2 Å². The zero-order valence-electron chi connectivity index (χ0n) is 24.7. The normalized spacial score (nSPS) is 11.7. The van der Waals surface area contributed by atoms with E-state index in [1.807, 2.05) is 6.92 Å². The Morgan fingerprint density at radius 2 is 1.73 bits per heavy atom. The van der Waals surface area contributed by atoms with Gasteiger partial charge in [0.05, 0.1) is 17.5 Å². The molecule has 0 aliphatic heterocycles. The van der Waals surface area contributed by atoms with E-state index in [0.29, 0.717) is 6.07 Å². The number of pyridine rings is 2. The number of esters is 2. The number of hydrogen-bond acceptors (Lipinski definition) is 9. The van der Waals surface area contributed by atoms with Gasteiger partial charge in [0.15, 0.2) is 11.3 Å². The Hall–Kier alpha value is -4.45. The molecule has 2 heterocycles. The maximum absolute atomic E-state index is 13.8. The van der Waals surface area contributed by atoms with Crippen LogP contribution in [0.4, 0.5) is 17.6 Å². The number of benzene rings is 1. The number of carbonyl (C=O) groups excluding carboxylic acids is 2. The van der Waals surface area contributed by atoms with Crippen LogP contribution in [-0.2, 0) is 33.1 Å². The predicted molar refractivity (Wildman–Crippen MR) is 152 cm³/mol. The van der Waals surface area contributed by atoms with E-state index in [2.05, 4.69) is 15.1 Å². The molecule has 238 valence electrons. The van der Waals surface area contributed by atoms with Gasteiger partial charge in [-0.25, -0.2) is 9.18 Å². The van der Waals surface area contributed by atoms with Crippen molar-refractivity contribution in [1.29, 1.82) is 0 Å². The molecule has 0 atom stereocenters. The lowest BCUT2D eigenvalue weighted by Gasteiger charge is -2.19. The largest absolute Gasteiger partial charge is 0.534 e. The van der Waals surface area contributed by atoms with E-state index in [4.69, 9.17) is 15.9 Å². The molecule has 1 aromatic carbocycles. The first-order valence-electron chi connectivity index (χ1n) is 12.9. The average Bonchev–Trinajstić information content (AvgIpc) is 2.92. The summed E-state index contributed by atoms with van der Waals surface area (Å²) in [6.07, 6.45) is 6.51. The van der Waals surface area contributed by atoms with Crippen LogP contribution in [0.2, 0.25) is 0 Å². The molecule has 0 N–H and O–H groups in total. The second-order valence-corrected chi connectivity index (χ2v) is 11.6. The standard InChI is InChI=1S/C25H24F4N2O8S.C4H6/c1-6-37-22(33)18-20(38-23(34)24(2,3)4)19-16(31(5)21(18)32)10-13(12-30-19)9-14-7-8-15(26)11-17(14)39-40(35,36)25(27,28)29;1-3-4-2/h7-8,10-12H,6,9H2,1-5H3;1H,4H2,2H3. The van der Waals surface area contributed by atoms with Crippen LogP contribution in [0.1, 0.15) is 62.5 Å². The lowest BCUT2D eigenvalue weighted by molar-refractivity contribution is -0.142. The molecule has 44 heavy (non-hydrogen) atoms. The van der Waals surface area contributed by atoms with Crippen LogP contribution in [0.3, 0.4) is 0 Å². The second kappa shape index (κ2) is 13.9. The smallest absolute Gasteiger partial charge is 0.462 e. The summed E-state index contributed by atoms with van der Waals surface area (Å²) in [4.78, 5) is 42.7. The topological polar surface area (TPSA) is 131 Å². The Kier molecular flexibility index (Phi) is 11.3. The fourth-order valence-corrected chi connectivity index (χ4v) is 3.87. The molecule has 0 unspecified atom stereocenters. The highest BCUT2D eigenvalue weighted by atomic mass is 32.2. The fraction of sp³-hybridized carbons (Fsp3) is 0.379. The van der Waals surface area contributed by atoms with Crippen molar-refractivity contribution in [3.63, 3.8) is 0 Å². The molecular formula is C29H30F4N2O8S. The van der Waals surface area contributed by atoms with Gasteiger partial charge in [-0.3, -0.25) is 14.6 Å². The minimum atomic E-state index is -6.10. The number of fused-ring (bicyclic) bond motifs is 1. The van der Waals surface area contributed by atoms with Gasteiger partial charge < -0.3 is 18.2 Å². The van der Waals surface area contributed by atoms with Crippen molar-refractivity contribution in [2.24, 2.45) is 12.5 Å². The zero-order valence-corrected chi connectivity index (χ0v) is 25.5. The van der Waals surface area contributed by atoms with Crippen molar-refractivity contribution >= 4 is 33.1 Å². The third-order valence-electron chi connectivity index (χ3n) is 5.64. The summed E-state index contributed by atoms with van der Waals surface area (Å²) in [7, 11) is -4.79. The van der Waals surface area contributed by atoms with Crippen molar-refractivity contribution < 1.29 is 49.2 Å². The Labute approximate surface area is 251 Å². The maximum atomic E-state index is 13.8. The molecule has 0 aliphatic carbocycles. The molecule has 0 fully saturated rings. The van der Waals surface area contributed by atoms with Crippen molar-refractivity contribution in [3.05, 3.63) is 63.3 Å². The summed E-state index contributed by atoms with van der Waals surface area (Å²) >= 11 is 0. The molecule has 10 nitrogen and oxygen atoms in total. The highest BCUT2D eigenvalue weighted by Crippen LogP contribution is 2.33. The monoisotopic (exact) mass is 642 g/mol. The summed E-state index contributed by atoms with van der Waals surface area (Å²) in [5, 5.41) is 0. The average molecular weight is 643 g/mol. The first-order chi connectivity index (χ1) is 20.3. The number of hydrogen-bond donors (Lipinski definition) is 0. The van der Waals surface area contributed by atoms with Crippen LogP contribution in [0.25, 0.3) is 11.0 Å². The molecule has 3 rings (SSSR count). The van der Waals surface area contributed by atoms with Gasteiger partial charge in [0.1, 0.15) is 17.1 Å². The third kappa shape index (κ3) is 8.34. The summed E-state index contributed by atoms with van der Waals surface area (Å²) in [5.41, 5.74) is -8.19. The lowest BCUT2D eigenvalue weighted by Crippen LogP contribution is -2.31. The number of nitrogens with zero attached hydrogens (tertiary/aromatic N) is 2. The van der Waals surface area contributed by atoms with Crippen LogP contribution in [-0.4, -0.2) is 42.0 Å². The van der Waals surface area contributed by atoms with Crippen LogP contribution in [0.15, 0.2) is 35.3 Å². The fourth-order valence-electron chi connectivity index (χ4n) is 3.38. The summed E-state index contributed by atoms with van der Waals surface area (Å²) in [5.74, 6) is -1.79. The van der Waals surface area contributed by atoms with Crippen molar-refractivity contribution in [2.45, 2.75) is 53.0 Å². The quantitative estimate of drug-likeness (QED) is 0.114. The lowest BCUT2D eigenvalue weighted by atomic mass is 9.97.